The standard InChI is InChI=1S/C10H14O3/c1-10(2,13)6-7-5-8(11)3-4-9(7)12/h3-5,11-13H,6H2,1-2H3. The van der Waals surface area contributed by atoms with Gasteiger partial charge in [-0.3, -0.25) is 0 Å². The van der Waals surface area contributed by atoms with Gasteiger partial charge in [0, 0.05) is 12.0 Å². The minimum atomic E-state index is -0.884. The van der Waals surface area contributed by atoms with E-state index in [1.165, 1.54) is 18.2 Å². The second-order valence-electron chi connectivity index (χ2n) is 3.80. The molecule has 0 atom stereocenters. The quantitative estimate of drug-likeness (QED) is 0.606. The molecule has 0 amide bonds. The molecule has 0 aromatic heterocycles. The van der Waals surface area contributed by atoms with Crippen LogP contribution in [-0.4, -0.2) is 20.9 Å². The van der Waals surface area contributed by atoms with Crippen molar-refractivity contribution >= 4 is 0 Å². The van der Waals surface area contributed by atoms with Gasteiger partial charge in [0.15, 0.2) is 0 Å². The van der Waals surface area contributed by atoms with Crippen molar-refractivity contribution in [3.05, 3.63) is 23.8 Å². The van der Waals surface area contributed by atoms with Crippen molar-refractivity contribution in [2.75, 3.05) is 0 Å². The Hall–Kier alpha value is -1.22. The van der Waals surface area contributed by atoms with E-state index in [0.29, 0.717) is 12.0 Å². The largest absolute Gasteiger partial charge is 0.508 e. The molecule has 3 nitrogen and oxygen atoms in total. The second kappa shape index (κ2) is 3.26. The lowest BCUT2D eigenvalue weighted by molar-refractivity contribution is 0.0802. The zero-order valence-electron chi connectivity index (χ0n) is 7.78. The molecule has 0 aliphatic heterocycles. The Bertz CT molecular complexity index is 300. The van der Waals surface area contributed by atoms with E-state index in [4.69, 9.17) is 5.11 Å². The molecule has 13 heavy (non-hydrogen) atoms. The van der Waals surface area contributed by atoms with E-state index < -0.39 is 5.60 Å². The summed E-state index contributed by atoms with van der Waals surface area (Å²) >= 11 is 0. The third-order valence-electron chi connectivity index (χ3n) is 1.69. The highest BCUT2D eigenvalue weighted by Gasteiger charge is 2.16. The van der Waals surface area contributed by atoms with Gasteiger partial charge in [0.05, 0.1) is 5.60 Å². The number of rotatable bonds is 2. The first-order chi connectivity index (χ1) is 5.88. The molecule has 0 bridgehead atoms. The lowest BCUT2D eigenvalue weighted by Crippen LogP contribution is -2.21. The van der Waals surface area contributed by atoms with Crippen LogP contribution in [0.3, 0.4) is 0 Å². The predicted molar refractivity (Wildman–Crippen MR) is 49.8 cm³/mol. The van der Waals surface area contributed by atoms with Crippen molar-refractivity contribution < 1.29 is 15.3 Å². The maximum atomic E-state index is 9.49. The van der Waals surface area contributed by atoms with Gasteiger partial charge in [-0.25, -0.2) is 0 Å². The van der Waals surface area contributed by atoms with Crippen molar-refractivity contribution in [2.24, 2.45) is 0 Å². The number of hydrogen-bond donors (Lipinski definition) is 3. The van der Waals surface area contributed by atoms with Crippen LogP contribution in [0.4, 0.5) is 0 Å². The van der Waals surface area contributed by atoms with Crippen molar-refractivity contribution in [1.82, 2.24) is 0 Å². The molecule has 1 aromatic rings. The van der Waals surface area contributed by atoms with Crippen LogP contribution in [0.25, 0.3) is 0 Å². The minimum Gasteiger partial charge on any atom is -0.508 e. The average molecular weight is 182 g/mol. The van der Waals surface area contributed by atoms with Crippen molar-refractivity contribution in [2.45, 2.75) is 25.9 Å². The highest BCUT2D eigenvalue weighted by Crippen LogP contribution is 2.25. The normalized spacial score (nSPS) is 11.6. The van der Waals surface area contributed by atoms with Gasteiger partial charge in [-0.15, -0.1) is 0 Å². The smallest absolute Gasteiger partial charge is 0.119 e. The van der Waals surface area contributed by atoms with E-state index in [2.05, 4.69) is 0 Å². The Kier molecular flexibility index (Phi) is 2.48. The molecule has 1 rings (SSSR count). The number of aliphatic hydroxyl groups is 1. The summed E-state index contributed by atoms with van der Waals surface area (Å²) < 4.78 is 0. The molecule has 0 saturated heterocycles. The fourth-order valence-electron chi connectivity index (χ4n) is 1.18. The molecular formula is C10H14O3. The topological polar surface area (TPSA) is 60.7 Å². The first-order valence-corrected chi connectivity index (χ1v) is 4.12. The summed E-state index contributed by atoms with van der Waals surface area (Å²) in [6.07, 6.45) is 0.313. The average Bonchev–Trinajstić information content (AvgIpc) is 1.94. The molecule has 0 spiro atoms. The van der Waals surface area contributed by atoms with E-state index in [0.717, 1.165) is 0 Å². The van der Waals surface area contributed by atoms with Crippen molar-refractivity contribution in [3.63, 3.8) is 0 Å². The van der Waals surface area contributed by atoms with Crippen LogP contribution in [0.15, 0.2) is 18.2 Å². The summed E-state index contributed by atoms with van der Waals surface area (Å²) in [6, 6.07) is 4.27. The first kappa shape index (κ1) is 9.86. The van der Waals surface area contributed by atoms with Crippen LogP contribution >= 0.6 is 0 Å². The zero-order valence-corrected chi connectivity index (χ0v) is 7.78. The molecule has 72 valence electrons. The Morgan fingerprint density at radius 1 is 1.23 bits per heavy atom. The van der Waals surface area contributed by atoms with Crippen molar-refractivity contribution in [1.29, 1.82) is 0 Å². The summed E-state index contributed by atoms with van der Waals surface area (Å²) in [4.78, 5) is 0. The van der Waals surface area contributed by atoms with Gasteiger partial charge in [0.25, 0.3) is 0 Å². The van der Waals surface area contributed by atoms with Gasteiger partial charge in [0.2, 0.25) is 0 Å². The minimum absolute atomic E-state index is 0.0945. The Labute approximate surface area is 77.3 Å². The van der Waals surface area contributed by atoms with E-state index in [-0.39, 0.29) is 11.5 Å². The molecule has 0 fully saturated rings. The second-order valence-corrected chi connectivity index (χ2v) is 3.80. The van der Waals surface area contributed by atoms with Crippen molar-refractivity contribution in [3.8, 4) is 11.5 Å². The van der Waals surface area contributed by atoms with Crippen LogP contribution in [0.1, 0.15) is 19.4 Å². The maximum absolute atomic E-state index is 9.49. The van der Waals surface area contributed by atoms with Gasteiger partial charge in [0.1, 0.15) is 11.5 Å². The summed E-state index contributed by atoms with van der Waals surface area (Å²) in [5.74, 6) is 0.192. The van der Waals surface area contributed by atoms with E-state index in [1.54, 1.807) is 13.8 Å². The number of hydrogen-bond acceptors (Lipinski definition) is 3. The summed E-state index contributed by atoms with van der Waals surface area (Å²) in [6.45, 7) is 3.30. The SMILES string of the molecule is CC(C)(O)Cc1cc(O)ccc1O. The summed E-state index contributed by atoms with van der Waals surface area (Å²) in [5, 5.41) is 28.0. The van der Waals surface area contributed by atoms with Gasteiger partial charge >= 0.3 is 0 Å². The zero-order chi connectivity index (χ0) is 10.1. The summed E-state index contributed by atoms with van der Waals surface area (Å²) in [5.41, 5.74) is -0.335. The molecule has 1 aromatic carbocycles. The van der Waals surface area contributed by atoms with E-state index >= 15 is 0 Å². The fraction of sp³-hybridized carbons (Fsp3) is 0.400. The van der Waals surface area contributed by atoms with Crippen LogP contribution in [0.2, 0.25) is 0 Å². The van der Waals surface area contributed by atoms with Crippen LogP contribution in [0, 0.1) is 0 Å². The molecule has 3 heteroatoms. The van der Waals surface area contributed by atoms with E-state index in [9.17, 15) is 10.2 Å². The monoisotopic (exact) mass is 182 g/mol. The van der Waals surface area contributed by atoms with Gasteiger partial charge in [-0.2, -0.15) is 0 Å². The number of benzene rings is 1. The molecular weight excluding hydrogens is 168 g/mol. The molecule has 0 saturated carbocycles. The highest BCUT2D eigenvalue weighted by atomic mass is 16.3. The molecule has 3 N–H and O–H groups in total. The lowest BCUT2D eigenvalue weighted by atomic mass is 9.98. The van der Waals surface area contributed by atoms with Crippen LogP contribution in [0.5, 0.6) is 11.5 Å². The van der Waals surface area contributed by atoms with E-state index in [1.807, 2.05) is 0 Å². The Morgan fingerprint density at radius 3 is 2.38 bits per heavy atom. The third-order valence-corrected chi connectivity index (χ3v) is 1.69. The maximum Gasteiger partial charge on any atom is 0.119 e. The molecule has 0 aliphatic carbocycles. The van der Waals surface area contributed by atoms with Gasteiger partial charge in [-0.05, 0) is 32.0 Å². The van der Waals surface area contributed by atoms with Gasteiger partial charge in [-0.1, -0.05) is 0 Å². The molecule has 0 heterocycles. The Balaban J connectivity index is 2.94. The lowest BCUT2D eigenvalue weighted by Gasteiger charge is -2.17. The number of aromatic hydroxyl groups is 2. The molecule has 0 aliphatic rings. The van der Waals surface area contributed by atoms with Crippen LogP contribution < -0.4 is 0 Å². The first-order valence-electron chi connectivity index (χ1n) is 4.12. The Morgan fingerprint density at radius 2 is 1.85 bits per heavy atom. The molecule has 0 unspecified atom stereocenters. The summed E-state index contributed by atoms with van der Waals surface area (Å²) in [7, 11) is 0. The van der Waals surface area contributed by atoms with Crippen LogP contribution in [-0.2, 0) is 6.42 Å². The highest BCUT2D eigenvalue weighted by molar-refractivity contribution is 5.39. The predicted octanol–water partition coefficient (Wildman–Crippen LogP) is 1.41. The third kappa shape index (κ3) is 2.95. The number of phenolic OH excluding ortho intramolecular Hbond substituents is 2. The molecule has 0 radical (unpaired) electrons. The fourth-order valence-corrected chi connectivity index (χ4v) is 1.18. The number of phenols is 2. The van der Waals surface area contributed by atoms with Gasteiger partial charge < -0.3 is 15.3 Å².